The third kappa shape index (κ3) is 5.25. The smallest absolute Gasteiger partial charge is 0.132 e. The van der Waals surface area contributed by atoms with Gasteiger partial charge in [0.15, 0.2) is 0 Å². The van der Waals surface area contributed by atoms with E-state index < -0.39 is 0 Å². The number of hydrazone groups is 2. The summed E-state index contributed by atoms with van der Waals surface area (Å²) < 4.78 is 0. The van der Waals surface area contributed by atoms with Gasteiger partial charge in [0.05, 0.1) is 12.4 Å². The topological polar surface area (TPSA) is 48.8 Å². The highest BCUT2D eigenvalue weighted by Gasteiger charge is 1.90. The van der Waals surface area contributed by atoms with Gasteiger partial charge in [-0.05, 0) is 25.0 Å². The zero-order chi connectivity index (χ0) is 15.8. The Morgan fingerprint density at radius 1 is 0.864 bits per heavy atom. The first-order chi connectivity index (χ1) is 10.6. The van der Waals surface area contributed by atoms with Crippen LogP contribution in [0, 0.1) is 13.8 Å². The van der Waals surface area contributed by atoms with Crippen molar-refractivity contribution in [3.63, 3.8) is 0 Å². The molecule has 22 heavy (non-hydrogen) atoms. The standard InChI is InChI=1S/C18H20N4/c1-14-6-4-8-17(10-14)12-19-21-16(3)22-20-13-18-9-5-7-15(2)11-18/h4-13,21-22H,3H2,1-2H3/b19-12+,20-13+. The van der Waals surface area contributed by atoms with Crippen molar-refractivity contribution in [2.45, 2.75) is 13.8 Å². The number of benzene rings is 2. The van der Waals surface area contributed by atoms with Crippen molar-refractivity contribution in [1.82, 2.24) is 10.9 Å². The van der Waals surface area contributed by atoms with E-state index in [1.165, 1.54) is 11.1 Å². The van der Waals surface area contributed by atoms with Gasteiger partial charge in [-0.1, -0.05) is 66.2 Å². The van der Waals surface area contributed by atoms with Crippen LogP contribution < -0.4 is 10.9 Å². The van der Waals surface area contributed by atoms with Crippen LogP contribution >= 0.6 is 0 Å². The molecule has 2 rings (SSSR count). The second-order valence-corrected chi connectivity index (χ2v) is 5.05. The molecular weight excluding hydrogens is 272 g/mol. The number of nitrogens with one attached hydrogen (secondary N) is 2. The summed E-state index contributed by atoms with van der Waals surface area (Å²) in [5.74, 6) is 0.507. The minimum absolute atomic E-state index is 0.507. The van der Waals surface area contributed by atoms with Crippen molar-refractivity contribution >= 4 is 12.4 Å². The molecule has 0 aliphatic carbocycles. The van der Waals surface area contributed by atoms with Crippen LogP contribution in [0.3, 0.4) is 0 Å². The van der Waals surface area contributed by atoms with Crippen molar-refractivity contribution in [3.05, 3.63) is 83.2 Å². The lowest BCUT2D eigenvalue weighted by Crippen LogP contribution is -2.17. The van der Waals surface area contributed by atoms with Gasteiger partial charge >= 0.3 is 0 Å². The van der Waals surface area contributed by atoms with Crippen LogP contribution in [0.25, 0.3) is 0 Å². The molecule has 0 amide bonds. The molecule has 0 bridgehead atoms. The molecule has 0 heterocycles. The summed E-state index contributed by atoms with van der Waals surface area (Å²) in [6, 6.07) is 16.2. The molecule has 0 spiro atoms. The lowest BCUT2D eigenvalue weighted by atomic mass is 10.2. The molecule has 2 aromatic rings. The Bertz CT molecular complexity index is 642. The predicted molar refractivity (Wildman–Crippen MR) is 93.0 cm³/mol. The third-order valence-corrected chi connectivity index (χ3v) is 2.91. The second-order valence-electron chi connectivity index (χ2n) is 5.05. The maximum atomic E-state index is 4.11. The summed E-state index contributed by atoms with van der Waals surface area (Å²) in [6.07, 6.45) is 3.48. The first-order valence-corrected chi connectivity index (χ1v) is 7.04. The molecule has 0 saturated heterocycles. The third-order valence-electron chi connectivity index (χ3n) is 2.91. The fraction of sp³-hybridized carbons (Fsp3) is 0.111. The lowest BCUT2D eigenvalue weighted by molar-refractivity contribution is 0.752. The van der Waals surface area contributed by atoms with E-state index in [4.69, 9.17) is 0 Å². The average molecular weight is 292 g/mol. The number of hydrogen-bond acceptors (Lipinski definition) is 4. The zero-order valence-corrected chi connectivity index (χ0v) is 12.9. The molecule has 2 N–H and O–H groups in total. The summed E-state index contributed by atoms with van der Waals surface area (Å²) in [5, 5.41) is 8.22. The molecule has 2 aromatic carbocycles. The van der Waals surface area contributed by atoms with Crippen molar-refractivity contribution in [2.75, 3.05) is 0 Å². The summed E-state index contributed by atoms with van der Waals surface area (Å²) in [4.78, 5) is 0. The normalized spacial score (nSPS) is 11.0. The fourth-order valence-electron chi connectivity index (χ4n) is 1.90. The predicted octanol–water partition coefficient (Wildman–Crippen LogP) is 3.32. The van der Waals surface area contributed by atoms with E-state index in [-0.39, 0.29) is 0 Å². The number of hydrogen-bond donors (Lipinski definition) is 2. The van der Waals surface area contributed by atoms with Crippen LogP contribution in [0.1, 0.15) is 22.3 Å². The highest BCUT2D eigenvalue weighted by atomic mass is 15.4. The van der Waals surface area contributed by atoms with Gasteiger partial charge in [0.1, 0.15) is 5.82 Å². The minimum Gasteiger partial charge on any atom is -0.262 e. The second kappa shape index (κ2) is 7.78. The van der Waals surface area contributed by atoms with E-state index in [0.717, 1.165) is 11.1 Å². The Morgan fingerprint density at radius 2 is 1.32 bits per heavy atom. The summed E-state index contributed by atoms with van der Waals surface area (Å²) in [6.45, 7) is 7.90. The summed E-state index contributed by atoms with van der Waals surface area (Å²) >= 11 is 0. The first kappa shape index (κ1) is 15.5. The molecule has 0 aliphatic heterocycles. The van der Waals surface area contributed by atoms with Crippen LogP contribution in [0.15, 0.2) is 71.1 Å². The first-order valence-electron chi connectivity index (χ1n) is 7.04. The van der Waals surface area contributed by atoms with E-state index >= 15 is 0 Å². The Morgan fingerprint density at radius 3 is 1.73 bits per heavy atom. The quantitative estimate of drug-likeness (QED) is 0.634. The average Bonchev–Trinajstić information content (AvgIpc) is 2.47. The van der Waals surface area contributed by atoms with Gasteiger partial charge in [0.25, 0.3) is 0 Å². The number of rotatable bonds is 6. The van der Waals surface area contributed by atoms with E-state index in [1.807, 2.05) is 50.2 Å². The molecular formula is C18H20N4. The van der Waals surface area contributed by atoms with E-state index in [9.17, 15) is 0 Å². The molecule has 0 aromatic heterocycles. The van der Waals surface area contributed by atoms with Gasteiger partial charge in [-0.3, -0.25) is 10.9 Å². The van der Waals surface area contributed by atoms with Crippen molar-refractivity contribution in [2.24, 2.45) is 10.2 Å². The van der Waals surface area contributed by atoms with Crippen LogP contribution in [0.2, 0.25) is 0 Å². The van der Waals surface area contributed by atoms with Gasteiger partial charge in [-0.15, -0.1) is 0 Å². The van der Waals surface area contributed by atoms with Gasteiger partial charge < -0.3 is 0 Å². The Hall–Kier alpha value is -2.88. The monoisotopic (exact) mass is 292 g/mol. The van der Waals surface area contributed by atoms with Gasteiger partial charge in [0.2, 0.25) is 0 Å². The van der Waals surface area contributed by atoms with Crippen molar-refractivity contribution in [1.29, 1.82) is 0 Å². The number of nitrogens with zero attached hydrogens (tertiary/aromatic N) is 2. The Balaban J connectivity index is 1.81. The van der Waals surface area contributed by atoms with Crippen molar-refractivity contribution in [3.8, 4) is 0 Å². The van der Waals surface area contributed by atoms with Crippen LogP contribution in [0.5, 0.6) is 0 Å². The maximum Gasteiger partial charge on any atom is 0.132 e. The van der Waals surface area contributed by atoms with Crippen LogP contribution in [0.4, 0.5) is 0 Å². The molecule has 112 valence electrons. The van der Waals surface area contributed by atoms with E-state index in [0.29, 0.717) is 5.82 Å². The molecule has 0 aliphatic rings. The van der Waals surface area contributed by atoms with Gasteiger partial charge in [-0.25, -0.2) is 0 Å². The van der Waals surface area contributed by atoms with Crippen LogP contribution in [-0.4, -0.2) is 12.4 Å². The van der Waals surface area contributed by atoms with E-state index in [1.54, 1.807) is 12.4 Å². The SMILES string of the molecule is C=C(N/N=C/c1cccc(C)c1)N/N=C/c1cccc(C)c1. The molecule has 0 fully saturated rings. The highest BCUT2D eigenvalue weighted by molar-refractivity contribution is 5.80. The highest BCUT2D eigenvalue weighted by Crippen LogP contribution is 2.01. The molecule has 0 saturated carbocycles. The maximum absolute atomic E-state index is 4.11. The van der Waals surface area contributed by atoms with E-state index in [2.05, 4.69) is 39.8 Å². The fourth-order valence-corrected chi connectivity index (χ4v) is 1.90. The summed E-state index contributed by atoms with van der Waals surface area (Å²) in [5.41, 5.74) is 10.1. The van der Waals surface area contributed by atoms with Crippen LogP contribution in [-0.2, 0) is 0 Å². The minimum atomic E-state index is 0.507. The van der Waals surface area contributed by atoms with Gasteiger partial charge in [-0.2, -0.15) is 10.2 Å². The molecule has 0 atom stereocenters. The number of aryl methyl sites for hydroxylation is 2. The lowest BCUT2D eigenvalue weighted by Gasteiger charge is -2.03. The Kier molecular flexibility index (Phi) is 5.49. The zero-order valence-electron chi connectivity index (χ0n) is 12.9. The molecule has 0 radical (unpaired) electrons. The summed E-state index contributed by atoms with van der Waals surface area (Å²) in [7, 11) is 0. The largest absolute Gasteiger partial charge is 0.262 e. The van der Waals surface area contributed by atoms with Crippen molar-refractivity contribution < 1.29 is 0 Å². The van der Waals surface area contributed by atoms with Gasteiger partial charge in [0, 0.05) is 0 Å². The molecule has 4 heteroatoms. The Labute approximate surface area is 131 Å². The molecule has 0 unspecified atom stereocenters. The molecule has 4 nitrogen and oxygen atoms in total.